The molecule has 0 spiro atoms. The highest BCUT2D eigenvalue weighted by atomic mass is 16.3. The van der Waals surface area contributed by atoms with E-state index in [4.69, 9.17) is 0 Å². The first-order valence-corrected chi connectivity index (χ1v) is 12.1. The lowest BCUT2D eigenvalue weighted by Gasteiger charge is -2.30. The number of aromatic hydroxyl groups is 1. The van der Waals surface area contributed by atoms with Gasteiger partial charge in [0.2, 0.25) is 0 Å². The Bertz CT molecular complexity index is 1260. The molecule has 0 radical (unpaired) electrons. The zero-order valence-electron chi connectivity index (χ0n) is 21.8. The minimum atomic E-state index is -0.181. The van der Waals surface area contributed by atoms with Crippen molar-refractivity contribution in [3.8, 4) is 5.75 Å². The Morgan fingerprint density at radius 3 is 1.85 bits per heavy atom. The molecule has 0 saturated heterocycles. The van der Waals surface area contributed by atoms with Gasteiger partial charge in [0.25, 0.3) is 0 Å². The molecule has 0 aliphatic carbocycles. The number of fused-ring (bicyclic) bond motifs is 1. The van der Waals surface area contributed by atoms with Crippen molar-refractivity contribution in [1.82, 2.24) is 4.98 Å². The van der Waals surface area contributed by atoms with Crippen LogP contribution in [-0.4, -0.2) is 24.2 Å². The van der Waals surface area contributed by atoms with E-state index in [9.17, 15) is 5.11 Å². The van der Waals surface area contributed by atoms with E-state index >= 15 is 0 Å². The van der Waals surface area contributed by atoms with E-state index in [0.29, 0.717) is 5.75 Å². The molecule has 0 aliphatic heterocycles. The third-order valence-corrected chi connectivity index (χ3v) is 6.76. The Morgan fingerprint density at radius 2 is 1.32 bits per heavy atom. The van der Waals surface area contributed by atoms with Crippen molar-refractivity contribution in [3.63, 3.8) is 0 Å². The summed E-state index contributed by atoms with van der Waals surface area (Å²) in [5.74, 6) is 0.458. The Kier molecular flexibility index (Phi) is 6.01. The number of hydrogen-bond donors (Lipinski definition) is 2. The van der Waals surface area contributed by atoms with Gasteiger partial charge in [-0.1, -0.05) is 84.0 Å². The van der Waals surface area contributed by atoms with E-state index in [-0.39, 0.29) is 16.7 Å². The maximum atomic E-state index is 11.3. The Labute approximate surface area is 204 Å². The predicted octanol–water partition coefficient (Wildman–Crippen LogP) is 7.71. The highest BCUT2D eigenvalue weighted by Crippen LogP contribution is 2.44. The van der Waals surface area contributed by atoms with Crippen LogP contribution in [0.1, 0.15) is 75.3 Å². The molecule has 0 bridgehead atoms. The monoisotopic (exact) mass is 454 g/mol. The molecule has 4 rings (SSSR count). The Balaban J connectivity index is 2.03. The molecule has 1 aromatic heterocycles. The number of rotatable bonds is 4. The number of nitrogens with zero attached hydrogens (tertiary/aromatic N) is 1. The molecule has 4 aromatic rings. The van der Waals surface area contributed by atoms with Crippen molar-refractivity contribution in [2.75, 3.05) is 19.0 Å². The van der Waals surface area contributed by atoms with Crippen molar-refractivity contribution in [2.24, 2.45) is 0 Å². The van der Waals surface area contributed by atoms with Gasteiger partial charge in [-0.25, -0.2) is 0 Å². The highest BCUT2D eigenvalue weighted by Gasteiger charge is 2.30. The zero-order valence-corrected chi connectivity index (χ0v) is 21.8. The third kappa shape index (κ3) is 4.44. The van der Waals surface area contributed by atoms with Gasteiger partial charge in [-0.15, -0.1) is 0 Å². The van der Waals surface area contributed by atoms with Crippen LogP contribution in [0.3, 0.4) is 0 Å². The fourth-order valence-electron chi connectivity index (χ4n) is 4.82. The summed E-state index contributed by atoms with van der Waals surface area (Å²) in [4.78, 5) is 5.61. The van der Waals surface area contributed by atoms with Crippen LogP contribution in [0.15, 0.2) is 66.9 Å². The average Bonchev–Trinajstić information content (AvgIpc) is 3.17. The van der Waals surface area contributed by atoms with Crippen LogP contribution in [0, 0.1) is 0 Å². The van der Waals surface area contributed by atoms with Gasteiger partial charge in [0.05, 0.1) is 0 Å². The van der Waals surface area contributed by atoms with Crippen molar-refractivity contribution in [2.45, 2.75) is 58.3 Å². The number of para-hydroxylation sites is 1. The molecule has 1 atom stereocenters. The fourth-order valence-corrected chi connectivity index (χ4v) is 4.82. The maximum absolute atomic E-state index is 11.3. The second-order valence-corrected chi connectivity index (χ2v) is 11.7. The lowest BCUT2D eigenvalue weighted by molar-refractivity contribution is 0.422. The minimum absolute atomic E-state index is 0.0372. The van der Waals surface area contributed by atoms with E-state index in [1.165, 1.54) is 27.8 Å². The van der Waals surface area contributed by atoms with Crippen LogP contribution in [0.5, 0.6) is 5.75 Å². The van der Waals surface area contributed by atoms with Crippen LogP contribution in [-0.2, 0) is 10.8 Å². The van der Waals surface area contributed by atoms with Gasteiger partial charge in [-0.2, -0.15) is 0 Å². The van der Waals surface area contributed by atoms with E-state index in [0.717, 1.165) is 16.6 Å². The summed E-state index contributed by atoms with van der Waals surface area (Å²) in [6, 6.07) is 21.8. The standard InChI is InChI=1S/C31H38N2O/c1-30(2,3)25-17-21(18-26(29(25)34)31(4,5)6)28(20-13-15-22(16-14-20)33(7)8)24-19-32-27-12-10-9-11-23(24)27/h9-19,28,32,34H,1-8H3/t28-/m1/s1. The molecule has 3 aromatic carbocycles. The molecule has 3 nitrogen and oxygen atoms in total. The van der Waals surface area contributed by atoms with Gasteiger partial charge in [0.15, 0.2) is 0 Å². The molecule has 0 saturated carbocycles. The first kappa shape index (κ1) is 23.9. The summed E-state index contributed by atoms with van der Waals surface area (Å²) >= 11 is 0. The number of phenols is 1. The molecule has 0 fully saturated rings. The fraction of sp³-hybridized carbons (Fsp3) is 0.355. The van der Waals surface area contributed by atoms with Crippen molar-refractivity contribution >= 4 is 16.6 Å². The Hall–Kier alpha value is -3.20. The number of phenolic OH excluding ortho intramolecular Hbond substituents is 1. The largest absolute Gasteiger partial charge is 0.507 e. The molecular formula is C31H38N2O. The summed E-state index contributed by atoms with van der Waals surface area (Å²) in [6.45, 7) is 13.0. The molecule has 2 N–H and O–H groups in total. The molecule has 0 aliphatic rings. The van der Waals surface area contributed by atoms with E-state index in [1.807, 2.05) is 0 Å². The maximum Gasteiger partial charge on any atom is 0.123 e. The van der Waals surface area contributed by atoms with Crippen LogP contribution in [0.4, 0.5) is 5.69 Å². The van der Waals surface area contributed by atoms with Crippen molar-refractivity contribution in [3.05, 3.63) is 94.7 Å². The number of benzene rings is 3. The number of aromatic nitrogens is 1. The summed E-state index contributed by atoms with van der Waals surface area (Å²) in [7, 11) is 4.13. The molecule has 1 heterocycles. The highest BCUT2D eigenvalue weighted by molar-refractivity contribution is 5.85. The predicted molar refractivity (Wildman–Crippen MR) is 146 cm³/mol. The quantitative estimate of drug-likeness (QED) is 0.331. The second-order valence-electron chi connectivity index (χ2n) is 11.7. The lowest BCUT2D eigenvalue weighted by atomic mass is 9.75. The van der Waals surface area contributed by atoms with Crippen LogP contribution >= 0.6 is 0 Å². The van der Waals surface area contributed by atoms with Crippen LogP contribution in [0.25, 0.3) is 10.9 Å². The number of anilines is 1. The molecule has 0 amide bonds. The number of nitrogens with one attached hydrogen (secondary N) is 1. The average molecular weight is 455 g/mol. The van der Waals surface area contributed by atoms with Gasteiger partial charge in [0, 0.05) is 42.8 Å². The zero-order chi connectivity index (χ0) is 24.8. The smallest absolute Gasteiger partial charge is 0.123 e. The van der Waals surface area contributed by atoms with Gasteiger partial charge in [0.1, 0.15) is 5.75 Å². The van der Waals surface area contributed by atoms with Crippen molar-refractivity contribution < 1.29 is 5.11 Å². The van der Waals surface area contributed by atoms with E-state index in [2.05, 4.69) is 132 Å². The van der Waals surface area contributed by atoms with Gasteiger partial charge in [-0.3, -0.25) is 0 Å². The topological polar surface area (TPSA) is 39.3 Å². The van der Waals surface area contributed by atoms with Gasteiger partial charge >= 0.3 is 0 Å². The molecule has 178 valence electrons. The second kappa shape index (κ2) is 8.54. The molecular weight excluding hydrogens is 416 g/mol. The summed E-state index contributed by atoms with van der Waals surface area (Å²) in [6.07, 6.45) is 2.15. The number of H-pyrrole nitrogens is 1. The normalized spacial score (nSPS) is 13.3. The number of hydrogen-bond acceptors (Lipinski definition) is 2. The van der Waals surface area contributed by atoms with E-state index < -0.39 is 0 Å². The third-order valence-electron chi connectivity index (χ3n) is 6.76. The number of aromatic amines is 1. The van der Waals surface area contributed by atoms with E-state index in [1.54, 1.807) is 0 Å². The first-order chi connectivity index (χ1) is 15.9. The lowest BCUT2D eigenvalue weighted by Crippen LogP contribution is -2.19. The molecule has 0 unspecified atom stereocenters. The summed E-state index contributed by atoms with van der Waals surface area (Å²) in [5, 5.41) is 12.6. The van der Waals surface area contributed by atoms with Crippen LogP contribution < -0.4 is 4.90 Å². The van der Waals surface area contributed by atoms with Crippen molar-refractivity contribution in [1.29, 1.82) is 0 Å². The molecule has 3 heteroatoms. The minimum Gasteiger partial charge on any atom is -0.507 e. The van der Waals surface area contributed by atoms with Crippen LogP contribution in [0.2, 0.25) is 0 Å². The summed E-state index contributed by atoms with van der Waals surface area (Å²) in [5.41, 5.74) is 7.62. The Morgan fingerprint density at radius 1 is 0.765 bits per heavy atom. The molecule has 34 heavy (non-hydrogen) atoms. The first-order valence-electron chi connectivity index (χ1n) is 12.1. The summed E-state index contributed by atoms with van der Waals surface area (Å²) < 4.78 is 0. The van der Waals surface area contributed by atoms with Gasteiger partial charge < -0.3 is 15.0 Å². The SMILES string of the molecule is CN(C)c1ccc([C@H](c2cc(C(C)(C)C)c(O)c(C(C)(C)C)c2)c2c[nH]c3ccccc23)cc1. The van der Waals surface area contributed by atoms with Gasteiger partial charge in [-0.05, 0) is 56.8 Å².